The second kappa shape index (κ2) is 8.99. The van der Waals surface area contributed by atoms with Crippen molar-refractivity contribution in [3.63, 3.8) is 0 Å². The number of rotatable bonds is 8. The van der Waals surface area contributed by atoms with Crippen LogP contribution in [-0.4, -0.2) is 53.4 Å². The quantitative estimate of drug-likeness (QED) is 0.625. The van der Waals surface area contributed by atoms with Crippen LogP contribution in [0.5, 0.6) is 0 Å². The number of benzene rings is 1. The lowest BCUT2D eigenvalue weighted by Crippen LogP contribution is -2.31. The molecule has 3 N–H and O–H groups in total. The average Bonchev–Trinajstić information content (AvgIpc) is 3.51. The van der Waals surface area contributed by atoms with E-state index in [0.29, 0.717) is 22.5 Å². The number of carbonyl (C=O) groups is 1. The lowest BCUT2D eigenvalue weighted by atomic mass is 9.97. The number of anilines is 1. The third-order valence-electron chi connectivity index (χ3n) is 4.81. The fraction of sp³-hybridized carbons (Fsp3) is 0.381. The molecule has 1 amide bonds. The predicted octanol–water partition coefficient (Wildman–Crippen LogP) is 1.75. The van der Waals surface area contributed by atoms with Gasteiger partial charge in [0.15, 0.2) is 0 Å². The second-order valence-corrected chi connectivity index (χ2v) is 7.04. The van der Waals surface area contributed by atoms with Gasteiger partial charge in [-0.1, -0.05) is 0 Å². The van der Waals surface area contributed by atoms with Crippen molar-refractivity contribution in [3.05, 3.63) is 46.9 Å². The summed E-state index contributed by atoms with van der Waals surface area (Å²) in [5.41, 5.74) is 2.03. The van der Waals surface area contributed by atoms with Gasteiger partial charge in [-0.05, 0) is 49.1 Å². The highest BCUT2D eigenvalue weighted by molar-refractivity contribution is 5.96. The highest BCUT2D eigenvalue weighted by Gasteiger charge is 2.26. The summed E-state index contributed by atoms with van der Waals surface area (Å²) in [7, 11) is 0. The smallest absolute Gasteiger partial charge is 0.254 e. The summed E-state index contributed by atoms with van der Waals surface area (Å²) in [6.07, 6.45) is 3.35. The first-order chi connectivity index (χ1) is 14.0. The maximum atomic E-state index is 14.4. The van der Waals surface area contributed by atoms with Gasteiger partial charge in [0.05, 0.1) is 24.3 Å². The van der Waals surface area contributed by atoms with E-state index in [0.717, 1.165) is 12.8 Å². The van der Waals surface area contributed by atoms with Gasteiger partial charge in [-0.3, -0.25) is 4.79 Å². The molecule has 1 aromatic carbocycles. The van der Waals surface area contributed by atoms with E-state index in [9.17, 15) is 24.7 Å². The van der Waals surface area contributed by atoms with Crippen molar-refractivity contribution in [2.24, 2.45) is 0 Å². The molecule has 7 nitrogen and oxygen atoms in total. The molecule has 1 aliphatic carbocycles. The van der Waals surface area contributed by atoms with Crippen LogP contribution in [0.25, 0.3) is 11.1 Å². The fourth-order valence-electron chi connectivity index (χ4n) is 3.15. The molecule has 1 aromatic heterocycles. The molecule has 0 radical (unpaired) electrons. The van der Waals surface area contributed by atoms with E-state index in [1.807, 2.05) is 0 Å². The number of carbonyl (C=O) groups excluding carboxylic acids is 1. The Kier molecular flexibility index (Phi) is 6.42. The molecule has 1 saturated carbocycles. The van der Waals surface area contributed by atoms with Crippen LogP contribution in [-0.2, 0) is 0 Å². The largest absolute Gasteiger partial charge is 0.395 e. The van der Waals surface area contributed by atoms with Gasteiger partial charge in [0.25, 0.3) is 5.91 Å². The van der Waals surface area contributed by atoms with E-state index in [1.165, 1.54) is 12.1 Å². The van der Waals surface area contributed by atoms with Crippen molar-refractivity contribution in [3.8, 4) is 17.2 Å². The van der Waals surface area contributed by atoms with Crippen LogP contribution in [0.2, 0.25) is 0 Å². The first kappa shape index (κ1) is 20.7. The predicted molar refractivity (Wildman–Crippen MR) is 106 cm³/mol. The van der Waals surface area contributed by atoms with E-state index in [2.05, 4.69) is 16.4 Å². The Morgan fingerprint density at radius 3 is 2.59 bits per heavy atom. The van der Waals surface area contributed by atoms with Crippen molar-refractivity contribution < 1.29 is 19.4 Å². The standard InChI is InChI=1S/C21H23FN4O3/c1-13-8-19(22)18(21(29)25-16-2-3-16)10-17(13)15-9-14(11-23)20(24-12-15)26(4-6-27)5-7-28/h8-10,12,16,27-28H,2-7H2,1H3,(H,25,29). The number of aliphatic hydroxyl groups is 2. The maximum absolute atomic E-state index is 14.4. The highest BCUT2D eigenvalue weighted by Crippen LogP contribution is 2.30. The van der Waals surface area contributed by atoms with E-state index in [1.54, 1.807) is 24.1 Å². The van der Waals surface area contributed by atoms with Crippen LogP contribution in [0.4, 0.5) is 10.2 Å². The van der Waals surface area contributed by atoms with Gasteiger partial charge >= 0.3 is 0 Å². The van der Waals surface area contributed by atoms with Crippen molar-refractivity contribution in [1.82, 2.24) is 10.3 Å². The number of hydrogen-bond acceptors (Lipinski definition) is 6. The Balaban J connectivity index is 1.99. The molecule has 0 saturated heterocycles. The Morgan fingerprint density at radius 1 is 1.31 bits per heavy atom. The summed E-state index contributed by atoms with van der Waals surface area (Å²) >= 11 is 0. The molecule has 1 fully saturated rings. The Bertz CT molecular complexity index is 948. The average molecular weight is 398 g/mol. The normalized spacial score (nSPS) is 13.1. The fourth-order valence-corrected chi connectivity index (χ4v) is 3.15. The van der Waals surface area contributed by atoms with Crippen LogP contribution in [0.15, 0.2) is 24.4 Å². The number of hydrogen-bond donors (Lipinski definition) is 3. The van der Waals surface area contributed by atoms with E-state index < -0.39 is 11.7 Å². The van der Waals surface area contributed by atoms with E-state index >= 15 is 0 Å². The zero-order chi connectivity index (χ0) is 21.0. The van der Waals surface area contributed by atoms with Crippen molar-refractivity contribution >= 4 is 11.7 Å². The first-order valence-corrected chi connectivity index (χ1v) is 9.46. The number of nitriles is 1. The second-order valence-electron chi connectivity index (χ2n) is 7.04. The van der Waals surface area contributed by atoms with Gasteiger partial charge in [0.1, 0.15) is 17.7 Å². The minimum Gasteiger partial charge on any atom is -0.395 e. The van der Waals surface area contributed by atoms with Gasteiger partial charge in [-0.15, -0.1) is 0 Å². The minimum absolute atomic E-state index is 0.0396. The molecule has 0 bridgehead atoms. The van der Waals surface area contributed by atoms with Crippen molar-refractivity contribution in [2.45, 2.75) is 25.8 Å². The maximum Gasteiger partial charge on any atom is 0.254 e. The zero-order valence-electron chi connectivity index (χ0n) is 16.2. The summed E-state index contributed by atoms with van der Waals surface area (Å²) in [6, 6.07) is 6.61. The van der Waals surface area contributed by atoms with Crippen LogP contribution >= 0.6 is 0 Å². The number of aliphatic hydroxyl groups excluding tert-OH is 2. The van der Waals surface area contributed by atoms with Gasteiger partial charge in [-0.2, -0.15) is 5.26 Å². The van der Waals surface area contributed by atoms with Gasteiger partial charge < -0.3 is 20.4 Å². The molecule has 0 aliphatic heterocycles. The topological polar surface area (TPSA) is 109 Å². The van der Waals surface area contributed by atoms with Gasteiger partial charge in [0, 0.05) is 30.9 Å². The Hall–Kier alpha value is -3.02. The zero-order valence-corrected chi connectivity index (χ0v) is 16.2. The van der Waals surface area contributed by atoms with Crippen LogP contribution in [0, 0.1) is 24.1 Å². The summed E-state index contributed by atoms with van der Waals surface area (Å²) in [4.78, 5) is 18.3. The molecular weight excluding hydrogens is 375 g/mol. The lowest BCUT2D eigenvalue weighted by molar-refractivity contribution is 0.0947. The van der Waals surface area contributed by atoms with Crippen LogP contribution in [0.3, 0.4) is 0 Å². The minimum atomic E-state index is -0.591. The summed E-state index contributed by atoms with van der Waals surface area (Å²) in [5, 5.41) is 30.8. The van der Waals surface area contributed by atoms with E-state index in [-0.39, 0.29) is 43.5 Å². The summed E-state index contributed by atoms with van der Waals surface area (Å²) < 4.78 is 14.4. The summed E-state index contributed by atoms with van der Waals surface area (Å²) in [5.74, 6) is -0.689. The van der Waals surface area contributed by atoms with Gasteiger partial charge in [-0.25, -0.2) is 9.37 Å². The molecule has 152 valence electrons. The molecule has 0 atom stereocenters. The van der Waals surface area contributed by atoms with Crippen LogP contribution in [0.1, 0.15) is 34.3 Å². The number of nitrogens with one attached hydrogen (secondary N) is 1. The molecule has 29 heavy (non-hydrogen) atoms. The van der Waals surface area contributed by atoms with Crippen molar-refractivity contribution in [2.75, 3.05) is 31.2 Å². The van der Waals surface area contributed by atoms with Crippen molar-refractivity contribution in [1.29, 1.82) is 5.26 Å². The Morgan fingerprint density at radius 2 is 2.00 bits per heavy atom. The molecule has 1 aliphatic rings. The number of halogens is 1. The number of aromatic nitrogens is 1. The van der Waals surface area contributed by atoms with Gasteiger partial charge in [0.2, 0.25) is 0 Å². The number of pyridine rings is 1. The molecule has 0 unspecified atom stereocenters. The lowest BCUT2D eigenvalue weighted by Gasteiger charge is -2.23. The monoisotopic (exact) mass is 398 g/mol. The molecule has 0 spiro atoms. The molecule has 1 heterocycles. The molecular formula is C21H23FN4O3. The third kappa shape index (κ3) is 4.70. The summed E-state index contributed by atoms with van der Waals surface area (Å²) in [6.45, 7) is 1.88. The molecule has 8 heteroatoms. The number of nitrogens with zero attached hydrogens (tertiary/aromatic N) is 3. The SMILES string of the molecule is Cc1cc(F)c(C(=O)NC2CC2)cc1-c1cnc(N(CCO)CCO)c(C#N)c1. The third-order valence-corrected chi connectivity index (χ3v) is 4.81. The Labute approximate surface area is 168 Å². The highest BCUT2D eigenvalue weighted by atomic mass is 19.1. The first-order valence-electron chi connectivity index (χ1n) is 9.46. The van der Waals surface area contributed by atoms with E-state index in [4.69, 9.17) is 0 Å². The number of amides is 1. The molecule has 3 rings (SSSR count). The van der Waals surface area contributed by atoms with Crippen LogP contribution < -0.4 is 10.2 Å². The molecule has 2 aromatic rings. The number of aryl methyl sites for hydroxylation is 1.